The van der Waals surface area contributed by atoms with E-state index in [1.807, 2.05) is 26.0 Å². The third-order valence-corrected chi connectivity index (χ3v) is 8.05. The van der Waals surface area contributed by atoms with Crippen LogP contribution < -0.4 is 14.4 Å². The Labute approximate surface area is 253 Å². The van der Waals surface area contributed by atoms with Gasteiger partial charge in [0.2, 0.25) is 0 Å². The Bertz CT molecular complexity index is 1400. The summed E-state index contributed by atoms with van der Waals surface area (Å²) >= 11 is 0. The van der Waals surface area contributed by atoms with Crippen molar-refractivity contribution >= 4 is 23.3 Å². The summed E-state index contributed by atoms with van der Waals surface area (Å²) in [7, 11) is 1.63. The van der Waals surface area contributed by atoms with Crippen LogP contribution in [-0.4, -0.2) is 62.0 Å². The number of carboxylic acids is 1. The average molecular weight is 593 g/mol. The molecule has 0 aromatic heterocycles. The van der Waals surface area contributed by atoms with Crippen LogP contribution in [-0.2, 0) is 11.3 Å². The van der Waals surface area contributed by atoms with Crippen LogP contribution in [0, 0.1) is 5.41 Å². The molecule has 2 fully saturated rings. The molecule has 0 bridgehead atoms. The van der Waals surface area contributed by atoms with Crippen LogP contribution in [0.2, 0.25) is 0 Å². The number of carboxylic acid groups (broad SMARTS) is 1. The van der Waals surface area contributed by atoms with Crippen molar-refractivity contribution in [3.05, 3.63) is 83.2 Å². The number of anilines is 1. The normalized spacial score (nSPS) is 20.3. The highest BCUT2D eigenvalue weighted by molar-refractivity contribution is 5.91. The second kappa shape index (κ2) is 14.4. The zero-order valence-corrected chi connectivity index (χ0v) is 25.4. The Morgan fingerprint density at radius 2 is 1.88 bits per heavy atom. The number of amides is 1. The fraction of sp³-hybridized carbons (Fsp3) is 0.412. The summed E-state index contributed by atoms with van der Waals surface area (Å²) in [5.41, 5.74) is 3.30. The van der Waals surface area contributed by atoms with Gasteiger partial charge in [-0.05, 0) is 113 Å². The van der Waals surface area contributed by atoms with Gasteiger partial charge in [0, 0.05) is 24.2 Å². The number of likely N-dealkylation sites (tertiary alicyclic amines) is 1. The number of carbonyl (C=O) groups is 2. The van der Waals surface area contributed by atoms with E-state index in [9.17, 15) is 19.1 Å². The summed E-state index contributed by atoms with van der Waals surface area (Å²) < 4.78 is 31.5. The predicted octanol–water partition coefficient (Wildman–Crippen LogP) is 7.25. The van der Waals surface area contributed by atoms with E-state index in [0.717, 1.165) is 49.1 Å². The van der Waals surface area contributed by atoms with Gasteiger partial charge < -0.3 is 19.3 Å². The molecule has 230 valence electrons. The molecule has 1 spiro atoms. The van der Waals surface area contributed by atoms with Crippen LogP contribution in [0.3, 0.4) is 0 Å². The Morgan fingerprint density at radius 1 is 1.14 bits per heavy atom. The number of nitrogens with zero attached hydrogens (tertiary/aromatic N) is 2. The van der Waals surface area contributed by atoms with Gasteiger partial charge in [0.25, 0.3) is 0 Å². The summed E-state index contributed by atoms with van der Waals surface area (Å²) in [5, 5.41) is 9.22. The zero-order chi connectivity index (χ0) is 31.0. The minimum absolute atomic E-state index is 0.174. The number of methoxy groups -OCH3 is 1. The number of hydrogen-bond donors (Lipinski definition) is 1. The molecule has 2 aliphatic heterocycles. The fourth-order valence-electron chi connectivity index (χ4n) is 5.80. The maximum absolute atomic E-state index is 14.0. The highest BCUT2D eigenvalue weighted by Gasteiger charge is 2.42. The smallest absolute Gasteiger partial charge is 0.414 e. The van der Waals surface area contributed by atoms with Crippen molar-refractivity contribution in [2.45, 2.75) is 46.6 Å². The number of aromatic carboxylic acids is 1. The first-order valence-corrected chi connectivity index (χ1v) is 14.7. The second-order valence-electron chi connectivity index (χ2n) is 11.1. The molecule has 1 N–H and O–H groups in total. The second-order valence-corrected chi connectivity index (χ2v) is 11.1. The molecule has 2 aromatic rings. The number of ether oxygens (including phenoxy) is 3. The van der Waals surface area contributed by atoms with E-state index in [-0.39, 0.29) is 16.8 Å². The topological polar surface area (TPSA) is 88.5 Å². The van der Waals surface area contributed by atoms with Crippen molar-refractivity contribution in [3.63, 3.8) is 0 Å². The molecule has 1 amide bonds. The fourth-order valence-corrected chi connectivity index (χ4v) is 5.80. The van der Waals surface area contributed by atoms with Gasteiger partial charge in [-0.3, -0.25) is 9.80 Å². The van der Waals surface area contributed by atoms with Gasteiger partial charge in [-0.1, -0.05) is 12.2 Å². The first-order valence-electron chi connectivity index (χ1n) is 14.7. The van der Waals surface area contributed by atoms with E-state index >= 15 is 0 Å². The van der Waals surface area contributed by atoms with Gasteiger partial charge in [-0.25, -0.2) is 14.0 Å². The lowest BCUT2D eigenvalue weighted by atomic mass is 9.80. The summed E-state index contributed by atoms with van der Waals surface area (Å²) in [6.07, 6.45) is 8.52. The quantitative estimate of drug-likeness (QED) is 0.291. The molecular formula is C34H41FN2O6. The first kappa shape index (κ1) is 31.8. The lowest BCUT2D eigenvalue weighted by Gasteiger charge is -2.41. The summed E-state index contributed by atoms with van der Waals surface area (Å²) in [4.78, 5) is 28.0. The molecule has 0 radical (unpaired) electrons. The average Bonchev–Trinajstić information content (AvgIpc) is 3.19. The molecule has 2 heterocycles. The van der Waals surface area contributed by atoms with Gasteiger partial charge >= 0.3 is 12.1 Å². The maximum Gasteiger partial charge on any atom is 0.414 e. The molecule has 9 heteroatoms. The van der Waals surface area contributed by atoms with Crippen molar-refractivity contribution in [2.24, 2.45) is 5.41 Å². The van der Waals surface area contributed by atoms with Gasteiger partial charge in [0.05, 0.1) is 24.8 Å². The molecule has 0 aliphatic carbocycles. The number of hydrogen-bond acceptors (Lipinski definition) is 6. The van der Waals surface area contributed by atoms with Crippen LogP contribution >= 0.6 is 0 Å². The molecular weight excluding hydrogens is 551 g/mol. The van der Waals surface area contributed by atoms with Gasteiger partial charge in [-0.15, -0.1) is 0 Å². The molecule has 2 aromatic carbocycles. The van der Waals surface area contributed by atoms with Crippen molar-refractivity contribution in [1.29, 1.82) is 0 Å². The number of allylic oxidation sites excluding steroid dienone is 6. The Hall–Kier alpha value is -4.11. The van der Waals surface area contributed by atoms with E-state index in [1.165, 1.54) is 24.3 Å². The number of carbonyl (C=O) groups excluding carboxylic acids is 1. The molecule has 1 unspecified atom stereocenters. The third-order valence-electron chi connectivity index (χ3n) is 8.05. The Morgan fingerprint density at radius 3 is 2.56 bits per heavy atom. The highest BCUT2D eigenvalue weighted by Crippen LogP contribution is 2.40. The van der Waals surface area contributed by atoms with E-state index in [1.54, 1.807) is 43.2 Å². The van der Waals surface area contributed by atoms with Gasteiger partial charge in [-0.2, -0.15) is 0 Å². The number of cyclic esters (lactones) is 1. The molecule has 43 heavy (non-hydrogen) atoms. The SMILES string of the molecule is C\C=C/C(F)=C\C=C(/C)c1c(OC)cc(CN2CCCC3(CC2)COC(=O)N(c2ccc(C(=O)O)cc2)C3)cc1OCC. The molecule has 8 nitrogen and oxygen atoms in total. The lowest BCUT2D eigenvalue weighted by Crippen LogP contribution is -2.50. The van der Waals surface area contributed by atoms with E-state index in [0.29, 0.717) is 43.5 Å². The van der Waals surface area contributed by atoms with Crippen molar-refractivity contribution in [1.82, 2.24) is 4.90 Å². The van der Waals surface area contributed by atoms with E-state index in [4.69, 9.17) is 14.2 Å². The van der Waals surface area contributed by atoms with Gasteiger partial charge in [0.15, 0.2) is 0 Å². The molecule has 2 aliphatic rings. The minimum atomic E-state index is -1.01. The predicted molar refractivity (Wildman–Crippen MR) is 165 cm³/mol. The van der Waals surface area contributed by atoms with Crippen LogP contribution in [0.25, 0.3) is 5.57 Å². The lowest BCUT2D eigenvalue weighted by molar-refractivity contribution is 0.0534. The van der Waals surface area contributed by atoms with E-state index in [2.05, 4.69) is 4.90 Å². The molecule has 1 atom stereocenters. The number of rotatable bonds is 10. The van der Waals surface area contributed by atoms with E-state index < -0.39 is 12.1 Å². The largest absolute Gasteiger partial charge is 0.496 e. The van der Waals surface area contributed by atoms with Crippen molar-refractivity contribution in [2.75, 3.05) is 44.9 Å². The molecule has 4 rings (SSSR count). The zero-order valence-electron chi connectivity index (χ0n) is 25.4. The monoisotopic (exact) mass is 592 g/mol. The Balaban J connectivity index is 1.50. The summed E-state index contributed by atoms with van der Waals surface area (Å²) in [6, 6.07) is 10.4. The standard InChI is InChI=1S/C34H41FN2O6/c1-5-8-27(35)12-9-24(3)31-29(41-4)19-25(20-30(31)42-6-2)21-36-17-7-15-34(16-18-36)22-37(33(40)43-23-34)28-13-10-26(11-14-28)32(38)39/h5,8-14,19-20H,6-7,15-18,21-23H2,1-4H3,(H,38,39)/b8-5-,24-9+,27-12+. The van der Waals surface area contributed by atoms with Gasteiger partial charge in [0.1, 0.15) is 23.9 Å². The number of halogens is 1. The van der Waals surface area contributed by atoms with Crippen molar-refractivity contribution in [3.8, 4) is 11.5 Å². The minimum Gasteiger partial charge on any atom is -0.496 e. The third kappa shape index (κ3) is 7.84. The van der Waals surface area contributed by atoms with Crippen LogP contribution in [0.15, 0.2) is 66.5 Å². The maximum atomic E-state index is 14.0. The number of benzene rings is 2. The first-order chi connectivity index (χ1) is 20.7. The van der Waals surface area contributed by atoms with Crippen LogP contribution in [0.1, 0.15) is 61.5 Å². The molecule has 2 saturated heterocycles. The summed E-state index contributed by atoms with van der Waals surface area (Å²) in [6.45, 7) is 9.41. The summed E-state index contributed by atoms with van der Waals surface area (Å²) in [5.74, 6) is 0.0271. The van der Waals surface area contributed by atoms with Crippen LogP contribution in [0.4, 0.5) is 14.9 Å². The highest BCUT2D eigenvalue weighted by atomic mass is 19.1. The van der Waals surface area contributed by atoms with Crippen LogP contribution in [0.5, 0.6) is 11.5 Å². The Kier molecular flexibility index (Phi) is 10.6. The molecule has 0 saturated carbocycles. The van der Waals surface area contributed by atoms with Crippen molar-refractivity contribution < 1.29 is 33.3 Å².